The topological polar surface area (TPSA) is 41.5 Å². The molecule has 4 bridgehead atoms. The third kappa shape index (κ3) is 3.34. The first-order valence-electron chi connectivity index (χ1n) is 9.33. The van der Waals surface area contributed by atoms with Gasteiger partial charge in [-0.25, -0.2) is 4.39 Å². The molecule has 0 saturated heterocycles. The molecule has 4 aliphatic carbocycles. The van der Waals surface area contributed by atoms with Gasteiger partial charge in [0.25, 0.3) is 0 Å². The van der Waals surface area contributed by atoms with Crippen molar-refractivity contribution in [1.82, 2.24) is 5.32 Å². The fourth-order valence-corrected chi connectivity index (χ4v) is 5.81. The Morgan fingerprint density at radius 1 is 1.31 bits per heavy atom. The van der Waals surface area contributed by atoms with Crippen LogP contribution in [0.1, 0.15) is 46.0 Å². The summed E-state index contributed by atoms with van der Waals surface area (Å²) in [6, 6.07) is 4.39. The van der Waals surface area contributed by atoms with Crippen LogP contribution in [0.2, 0.25) is 5.02 Å². The van der Waals surface area contributed by atoms with Crippen molar-refractivity contribution in [2.24, 2.45) is 17.8 Å². The van der Waals surface area contributed by atoms with Crippen LogP contribution in [-0.2, 0) is 0 Å². The van der Waals surface area contributed by atoms with Crippen LogP contribution in [0.4, 0.5) is 4.39 Å². The fourth-order valence-electron chi connectivity index (χ4n) is 5.42. The molecule has 6 heteroatoms. The third-order valence-corrected chi connectivity index (χ3v) is 7.25. The van der Waals surface area contributed by atoms with Gasteiger partial charge in [-0.2, -0.15) is 0 Å². The molecule has 0 heterocycles. The second-order valence-corrected chi connectivity index (χ2v) is 9.70. The summed E-state index contributed by atoms with van der Waals surface area (Å²) < 4.78 is 19.3. The van der Waals surface area contributed by atoms with Gasteiger partial charge in [-0.05, 0) is 81.9 Å². The quantitative estimate of drug-likeness (QED) is 0.734. The molecular weight excluding hydrogens is 373 g/mol. The SMILES string of the molecule is CC(C)(Oc1ccc(F)cc1Cl)C(=S)NC1C2CC3CC1CC(O)(C3)C2. The van der Waals surface area contributed by atoms with E-state index in [0.717, 1.165) is 19.3 Å². The molecule has 0 radical (unpaired) electrons. The fraction of sp³-hybridized carbons (Fsp3) is 0.650. The van der Waals surface area contributed by atoms with Crippen molar-refractivity contribution in [1.29, 1.82) is 0 Å². The number of ether oxygens (including phenoxy) is 1. The Labute approximate surface area is 164 Å². The van der Waals surface area contributed by atoms with E-state index in [1.807, 2.05) is 13.8 Å². The highest BCUT2D eigenvalue weighted by atomic mass is 35.5. The van der Waals surface area contributed by atoms with Gasteiger partial charge in [0.15, 0.2) is 5.60 Å². The van der Waals surface area contributed by atoms with Crippen molar-refractivity contribution in [3.8, 4) is 5.75 Å². The first kappa shape index (κ1) is 18.5. The van der Waals surface area contributed by atoms with E-state index < -0.39 is 17.0 Å². The van der Waals surface area contributed by atoms with Crippen LogP contribution in [-0.4, -0.2) is 27.3 Å². The molecular formula is C20H25ClFNO2S. The van der Waals surface area contributed by atoms with Crippen LogP contribution in [0.15, 0.2) is 18.2 Å². The van der Waals surface area contributed by atoms with Gasteiger partial charge in [0.1, 0.15) is 16.6 Å². The second-order valence-electron chi connectivity index (χ2n) is 8.88. The lowest BCUT2D eigenvalue weighted by Gasteiger charge is -2.58. The molecule has 142 valence electrons. The molecule has 1 aromatic carbocycles. The second kappa shape index (κ2) is 6.32. The van der Waals surface area contributed by atoms with Gasteiger partial charge in [-0.3, -0.25) is 0 Å². The van der Waals surface area contributed by atoms with E-state index in [-0.39, 0.29) is 5.02 Å². The molecule has 1 aromatic rings. The summed E-state index contributed by atoms with van der Waals surface area (Å²) in [6.07, 6.45) is 5.04. The van der Waals surface area contributed by atoms with Crippen LogP contribution in [0.3, 0.4) is 0 Å². The summed E-state index contributed by atoms with van der Waals surface area (Å²) in [5.74, 6) is 1.62. The Morgan fingerprint density at radius 3 is 2.54 bits per heavy atom. The monoisotopic (exact) mass is 397 g/mol. The van der Waals surface area contributed by atoms with E-state index in [0.29, 0.717) is 34.5 Å². The zero-order valence-electron chi connectivity index (χ0n) is 15.1. The summed E-state index contributed by atoms with van der Waals surface area (Å²) in [6.45, 7) is 3.79. The Morgan fingerprint density at radius 2 is 1.96 bits per heavy atom. The molecule has 0 spiro atoms. The number of halogens is 2. The van der Waals surface area contributed by atoms with Gasteiger partial charge in [0.2, 0.25) is 0 Å². The summed E-state index contributed by atoms with van der Waals surface area (Å²) in [7, 11) is 0. The van der Waals surface area contributed by atoms with Crippen molar-refractivity contribution >= 4 is 28.8 Å². The standard InChI is InChI=1S/C20H25ClFNO2S/c1-19(2,25-16-4-3-14(22)7-15(16)21)18(26)23-17-12-5-11-6-13(17)10-20(24,8-11)9-12/h3-4,7,11-13,17,24H,5-6,8-10H2,1-2H3,(H,23,26). The number of aliphatic hydroxyl groups is 1. The highest BCUT2D eigenvalue weighted by Gasteiger charge is 2.55. The highest BCUT2D eigenvalue weighted by Crippen LogP contribution is 2.55. The number of hydrogen-bond donors (Lipinski definition) is 2. The number of benzene rings is 1. The smallest absolute Gasteiger partial charge is 0.153 e. The minimum absolute atomic E-state index is 0.234. The minimum atomic E-state index is -0.762. The third-order valence-electron chi connectivity index (χ3n) is 6.34. The molecule has 5 rings (SSSR count). The predicted octanol–water partition coefficient (Wildman–Crippen LogP) is 4.49. The maximum absolute atomic E-state index is 13.2. The number of rotatable bonds is 4. The van der Waals surface area contributed by atoms with Crippen molar-refractivity contribution in [3.63, 3.8) is 0 Å². The first-order chi connectivity index (χ1) is 12.2. The molecule has 2 N–H and O–H groups in total. The molecule has 4 aliphatic rings. The van der Waals surface area contributed by atoms with Crippen molar-refractivity contribution in [2.75, 3.05) is 0 Å². The zero-order valence-corrected chi connectivity index (χ0v) is 16.7. The van der Waals surface area contributed by atoms with Gasteiger partial charge in [0, 0.05) is 6.04 Å². The average Bonchev–Trinajstić information content (AvgIpc) is 2.51. The average molecular weight is 398 g/mol. The Hall–Kier alpha value is -0.910. The van der Waals surface area contributed by atoms with Crippen molar-refractivity contribution < 1.29 is 14.2 Å². The van der Waals surface area contributed by atoms with Crippen LogP contribution >= 0.6 is 23.8 Å². The van der Waals surface area contributed by atoms with E-state index in [2.05, 4.69) is 5.32 Å². The van der Waals surface area contributed by atoms with Crippen LogP contribution in [0.25, 0.3) is 0 Å². The van der Waals surface area contributed by atoms with Crippen molar-refractivity contribution in [3.05, 3.63) is 29.0 Å². The van der Waals surface area contributed by atoms with E-state index >= 15 is 0 Å². The summed E-state index contributed by atoms with van der Waals surface area (Å²) in [4.78, 5) is 0.627. The molecule has 2 unspecified atom stereocenters. The lowest BCUT2D eigenvalue weighted by Crippen LogP contribution is -2.63. The molecule has 4 saturated carbocycles. The van der Waals surface area contributed by atoms with Gasteiger partial charge in [0.05, 0.1) is 10.6 Å². The van der Waals surface area contributed by atoms with Crippen LogP contribution < -0.4 is 10.1 Å². The first-order valence-corrected chi connectivity index (χ1v) is 10.1. The Kier molecular flexibility index (Phi) is 4.48. The van der Waals surface area contributed by atoms with Gasteiger partial charge in [-0.15, -0.1) is 0 Å². The maximum Gasteiger partial charge on any atom is 0.153 e. The molecule has 0 amide bonds. The molecule has 4 fully saturated rings. The Balaban J connectivity index is 1.45. The van der Waals surface area contributed by atoms with Crippen LogP contribution in [0.5, 0.6) is 5.75 Å². The highest BCUT2D eigenvalue weighted by molar-refractivity contribution is 7.80. The van der Waals surface area contributed by atoms with Gasteiger partial charge >= 0.3 is 0 Å². The largest absolute Gasteiger partial charge is 0.479 e. The van der Waals surface area contributed by atoms with E-state index in [1.54, 1.807) is 0 Å². The normalized spacial score (nSPS) is 35.4. The maximum atomic E-state index is 13.2. The minimum Gasteiger partial charge on any atom is -0.479 e. The molecule has 0 aliphatic heterocycles. The van der Waals surface area contributed by atoms with Crippen molar-refractivity contribution in [2.45, 2.75) is 63.2 Å². The van der Waals surface area contributed by atoms with E-state index in [1.165, 1.54) is 31.0 Å². The van der Waals surface area contributed by atoms with Gasteiger partial charge in [-0.1, -0.05) is 23.8 Å². The zero-order chi connectivity index (χ0) is 18.7. The van der Waals surface area contributed by atoms with E-state index in [9.17, 15) is 9.50 Å². The van der Waals surface area contributed by atoms with Gasteiger partial charge < -0.3 is 15.2 Å². The summed E-state index contributed by atoms with van der Waals surface area (Å²) in [5, 5.41) is 14.5. The summed E-state index contributed by atoms with van der Waals surface area (Å²) >= 11 is 11.8. The number of nitrogens with one attached hydrogen (secondary N) is 1. The predicted molar refractivity (Wildman–Crippen MR) is 104 cm³/mol. The lowest BCUT2D eigenvalue weighted by atomic mass is 9.52. The van der Waals surface area contributed by atoms with Crippen LogP contribution in [0, 0.1) is 23.6 Å². The van der Waals surface area contributed by atoms with E-state index in [4.69, 9.17) is 28.6 Å². The number of hydrogen-bond acceptors (Lipinski definition) is 3. The molecule has 2 atom stereocenters. The summed E-state index contributed by atoms with van der Waals surface area (Å²) in [5.41, 5.74) is -1.22. The molecule has 26 heavy (non-hydrogen) atoms. The molecule has 3 nitrogen and oxygen atoms in total. The molecule has 0 aromatic heterocycles. The Bertz CT molecular complexity index is 725. The lowest BCUT2D eigenvalue weighted by molar-refractivity contribution is -0.136. The number of thiocarbonyl (C=S) groups is 1.